The molecule has 0 radical (unpaired) electrons. The van der Waals surface area contributed by atoms with Gasteiger partial charge in [-0.05, 0) is 20.0 Å². The van der Waals surface area contributed by atoms with Crippen LogP contribution in [0.3, 0.4) is 0 Å². The maximum Gasteiger partial charge on any atom is 0.404 e. The van der Waals surface area contributed by atoms with Crippen molar-refractivity contribution >= 4 is 5.91 Å². The molecular formula is C9H18F3N3O. The van der Waals surface area contributed by atoms with E-state index in [1.807, 2.05) is 0 Å². The molecule has 0 aromatic rings. The second kappa shape index (κ2) is 6.05. The van der Waals surface area contributed by atoms with Crippen LogP contribution in [0.2, 0.25) is 0 Å². The van der Waals surface area contributed by atoms with E-state index in [1.165, 1.54) is 26.0 Å². The van der Waals surface area contributed by atoms with Gasteiger partial charge in [0.1, 0.15) is 6.04 Å². The van der Waals surface area contributed by atoms with Crippen LogP contribution in [0, 0.1) is 0 Å². The number of nitrogens with zero attached hydrogens (tertiary/aromatic N) is 2. The lowest BCUT2D eigenvalue weighted by Crippen LogP contribution is -2.48. The van der Waals surface area contributed by atoms with Crippen molar-refractivity contribution in [2.75, 3.05) is 34.2 Å². The van der Waals surface area contributed by atoms with Crippen LogP contribution in [-0.4, -0.2) is 62.2 Å². The zero-order valence-electron chi connectivity index (χ0n) is 9.71. The van der Waals surface area contributed by atoms with E-state index in [0.717, 1.165) is 4.90 Å². The summed E-state index contributed by atoms with van der Waals surface area (Å²) in [6.07, 6.45) is -4.57. The van der Waals surface area contributed by atoms with Gasteiger partial charge in [0, 0.05) is 14.1 Å². The zero-order valence-corrected chi connectivity index (χ0v) is 9.71. The first kappa shape index (κ1) is 15.2. The van der Waals surface area contributed by atoms with E-state index in [1.54, 1.807) is 0 Å². The third-order valence-electron chi connectivity index (χ3n) is 2.23. The van der Waals surface area contributed by atoms with E-state index in [4.69, 9.17) is 5.73 Å². The summed E-state index contributed by atoms with van der Waals surface area (Å²) in [6.45, 7) is -0.331. The first-order chi connectivity index (χ1) is 7.20. The highest BCUT2D eigenvalue weighted by Crippen LogP contribution is 2.26. The fourth-order valence-corrected chi connectivity index (χ4v) is 1.26. The van der Waals surface area contributed by atoms with Gasteiger partial charge in [0.15, 0.2) is 0 Å². The molecule has 1 atom stereocenters. The van der Waals surface area contributed by atoms with E-state index in [-0.39, 0.29) is 25.4 Å². The largest absolute Gasteiger partial charge is 0.404 e. The normalized spacial score (nSPS) is 14.0. The summed E-state index contributed by atoms with van der Waals surface area (Å²) < 4.78 is 37.8. The molecule has 4 nitrogen and oxygen atoms in total. The summed E-state index contributed by atoms with van der Waals surface area (Å²) in [7, 11) is 4.28. The second-order valence-corrected chi connectivity index (χ2v) is 3.84. The quantitative estimate of drug-likeness (QED) is 0.752. The third kappa shape index (κ3) is 4.80. The molecule has 0 spiro atoms. The van der Waals surface area contributed by atoms with Crippen LogP contribution >= 0.6 is 0 Å². The second-order valence-electron chi connectivity index (χ2n) is 3.84. The van der Waals surface area contributed by atoms with Crippen LogP contribution in [0.5, 0.6) is 0 Å². The summed E-state index contributed by atoms with van der Waals surface area (Å²) in [5.74, 6) is -0.367. The van der Waals surface area contributed by atoms with Gasteiger partial charge < -0.3 is 10.6 Å². The van der Waals surface area contributed by atoms with Crippen LogP contribution in [0.25, 0.3) is 0 Å². The molecule has 0 saturated heterocycles. The number of halogens is 3. The highest BCUT2D eigenvalue weighted by Gasteiger charge is 2.42. The zero-order chi connectivity index (χ0) is 12.9. The van der Waals surface area contributed by atoms with Crippen molar-refractivity contribution in [1.29, 1.82) is 0 Å². The number of alkyl halides is 3. The highest BCUT2D eigenvalue weighted by atomic mass is 19.4. The third-order valence-corrected chi connectivity index (χ3v) is 2.23. The predicted octanol–water partition coefficient (Wildman–Crippen LogP) is 0.286. The summed E-state index contributed by atoms with van der Waals surface area (Å²) in [5.41, 5.74) is 5.13. The van der Waals surface area contributed by atoms with Crippen LogP contribution in [0.15, 0.2) is 0 Å². The Hall–Kier alpha value is -0.820. The molecule has 0 aliphatic heterocycles. The van der Waals surface area contributed by atoms with E-state index in [0.29, 0.717) is 0 Å². The van der Waals surface area contributed by atoms with Gasteiger partial charge in [-0.1, -0.05) is 0 Å². The van der Waals surface area contributed by atoms with E-state index in [2.05, 4.69) is 0 Å². The van der Waals surface area contributed by atoms with Crippen molar-refractivity contribution in [2.45, 2.75) is 18.6 Å². The number of hydrogen-bond acceptors (Lipinski definition) is 3. The Kier molecular flexibility index (Phi) is 5.74. The average molecular weight is 241 g/mol. The number of likely N-dealkylation sites (N-methyl/N-ethyl adjacent to an activating group) is 2. The maximum absolute atomic E-state index is 12.6. The van der Waals surface area contributed by atoms with Crippen molar-refractivity contribution < 1.29 is 18.0 Å². The summed E-state index contributed by atoms with van der Waals surface area (Å²) in [4.78, 5) is 13.5. The Balaban J connectivity index is 4.51. The topological polar surface area (TPSA) is 49.6 Å². The van der Waals surface area contributed by atoms with Gasteiger partial charge in [0.05, 0.1) is 6.54 Å². The summed E-state index contributed by atoms with van der Waals surface area (Å²) in [5, 5.41) is 0. The molecule has 0 saturated carbocycles. The van der Waals surface area contributed by atoms with Gasteiger partial charge >= 0.3 is 6.18 Å². The number of carbonyl (C=O) groups excluding carboxylic acids is 1. The Bertz CT molecular complexity index is 231. The Morgan fingerprint density at radius 3 is 2.12 bits per heavy atom. The number of carbonyl (C=O) groups is 1. The number of rotatable bonds is 5. The standard InChI is InChI=1S/C9H18F3N3O/c1-14(2)8(16)6-15(3)7(4-5-13)9(10,11)12/h7H,4-6,13H2,1-3H3. The molecule has 7 heteroatoms. The molecule has 2 N–H and O–H groups in total. The average Bonchev–Trinajstić information content (AvgIpc) is 2.11. The van der Waals surface area contributed by atoms with Gasteiger partial charge in [0.25, 0.3) is 0 Å². The van der Waals surface area contributed by atoms with Gasteiger partial charge in [-0.25, -0.2) is 0 Å². The Morgan fingerprint density at radius 2 is 1.81 bits per heavy atom. The molecule has 96 valence electrons. The Morgan fingerprint density at radius 1 is 1.31 bits per heavy atom. The maximum atomic E-state index is 12.6. The van der Waals surface area contributed by atoms with Crippen molar-refractivity contribution in [2.24, 2.45) is 5.73 Å². The van der Waals surface area contributed by atoms with Crippen LogP contribution in [-0.2, 0) is 4.79 Å². The van der Waals surface area contributed by atoms with Gasteiger partial charge in [0.2, 0.25) is 5.91 Å². The lowest BCUT2D eigenvalue weighted by atomic mass is 10.1. The van der Waals surface area contributed by atoms with E-state index < -0.39 is 12.2 Å². The van der Waals surface area contributed by atoms with Gasteiger partial charge in [-0.15, -0.1) is 0 Å². The van der Waals surface area contributed by atoms with E-state index >= 15 is 0 Å². The molecule has 16 heavy (non-hydrogen) atoms. The van der Waals surface area contributed by atoms with Crippen molar-refractivity contribution in [1.82, 2.24) is 9.80 Å². The highest BCUT2D eigenvalue weighted by molar-refractivity contribution is 5.77. The minimum atomic E-state index is -4.36. The molecule has 0 aliphatic rings. The number of amides is 1. The molecule has 0 aliphatic carbocycles. The van der Waals surface area contributed by atoms with Crippen LogP contribution < -0.4 is 5.73 Å². The molecule has 1 amide bonds. The SMILES string of the molecule is CN(C)C(=O)CN(C)C(CCN)C(F)(F)F. The minimum Gasteiger partial charge on any atom is -0.348 e. The van der Waals surface area contributed by atoms with Crippen LogP contribution in [0.4, 0.5) is 13.2 Å². The lowest BCUT2D eigenvalue weighted by Gasteiger charge is -2.29. The predicted molar refractivity (Wildman–Crippen MR) is 54.8 cm³/mol. The first-order valence-electron chi connectivity index (χ1n) is 4.87. The summed E-state index contributed by atoms with van der Waals surface area (Å²) >= 11 is 0. The molecule has 0 rings (SSSR count). The summed E-state index contributed by atoms with van der Waals surface area (Å²) in [6, 6.07) is -1.67. The fraction of sp³-hybridized carbons (Fsp3) is 0.889. The molecule has 0 aromatic heterocycles. The molecule has 0 fully saturated rings. The molecular weight excluding hydrogens is 223 g/mol. The smallest absolute Gasteiger partial charge is 0.348 e. The first-order valence-corrected chi connectivity index (χ1v) is 4.87. The van der Waals surface area contributed by atoms with Gasteiger partial charge in [-0.3, -0.25) is 9.69 Å². The molecule has 0 bridgehead atoms. The fourth-order valence-electron chi connectivity index (χ4n) is 1.26. The number of nitrogens with two attached hydrogens (primary N) is 1. The van der Waals surface area contributed by atoms with Gasteiger partial charge in [-0.2, -0.15) is 13.2 Å². The van der Waals surface area contributed by atoms with E-state index in [9.17, 15) is 18.0 Å². The molecule has 0 aromatic carbocycles. The minimum absolute atomic E-state index is 0.0648. The molecule has 1 unspecified atom stereocenters. The number of hydrogen-bond donors (Lipinski definition) is 1. The molecule has 0 heterocycles. The van der Waals surface area contributed by atoms with Crippen molar-refractivity contribution in [3.05, 3.63) is 0 Å². The monoisotopic (exact) mass is 241 g/mol. The lowest BCUT2D eigenvalue weighted by molar-refractivity contribution is -0.182. The van der Waals surface area contributed by atoms with Crippen molar-refractivity contribution in [3.8, 4) is 0 Å². The van der Waals surface area contributed by atoms with Crippen molar-refractivity contribution in [3.63, 3.8) is 0 Å². The Labute approximate surface area is 93.2 Å². The van der Waals surface area contributed by atoms with Crippen LogP contribution in [0.1, 0.15) is 6.42 Å².